The first-order valence-electron chi connectivity index (χ1n) is 9.30. The number of nitrogens with one attached hydrogen (secondary N) is 2. The van der Waals surface area contributed by atoms with Gasteiger partial charge < -0.3 is 10.1 Å². The number of H-pyrrole nitrogens is 1. The van der Waals surface area contributed by atoms with Crippen molar-refractivity contribution in [3.63, 3.8) is 0 Å². The van der Waals surface area contributed by atoms with Crippen molar-refractivity contribution in [3.05, 3.63) is 71.1 Å². The van der Waals surface area contributed by atoms with Gasteiger partial charge in [0.05, 0.1) is 11.9 Å². The highest BCUT2D eigenvalue weighted by Crippen LogP contribution is 2.30. The third kappa shape index (κ3) is 3.47. The number of benzene rings is 2. The lowest BCUT2D eigenvalue weighted by molar-refractivity contribution is -0.117. The minimum absolute atomic E-state index is 0.0456. The number of aromatic amines is 1. The van der Waals surface area contributed by atoms with Crippen molar-refractivity contribution in [2.75, 3.05) is 5.32 Å². The summed E-state index contributed by atoms with van der Waals surface area (Å²) in [5, 5.41) is 7.52. The molecule has 8 nitrogen and oxygen atoms in total. The van der Waals surface area contributed by atoms with Gasteiger partial charge in [-0.25, -0.2) is 4.68 Å². The van der Waals surface area contributed by atoms with E-state index in [-0.39, 0.29) is 23.4 Å². The van der Waals surface area contributed by atoms with E-state index in [1.807, 2.05) is 30.3 Å². The minimum atomic E-state index is -0.333. The highest BCUT2D eigenvalue weighted by Gasteiger charge is 2.29. The van der Waals surface area contributed by atoms with Crippen molar-refractivity contribution >= 4 is 22.6 Å². The molecule has 1 saturated carbocycles. The van der Waals surface area contributed by atoms with E-state index >= 15 is 0 Å². The molecule has 0 saturated heterocycles. The normalized spacial score (nSPS) is 13.4. The standard InChI is InChI=1S/C21H17N5O3/c27-19(13-6-7-13)23-14-8-10-16(11-9-14)29-21-24-18-17(20(28)25-21)12-22-26(18)15-4-2-1-3-5-15/h1-5,8-13H,6-7H2,(H,23,27)(H,24,25,28). The van der Waals surface area contributed by atoms with Crippen LogP contribution in [0, 0.1) is 5.92 Å². The molecule has 0 radical (unpaired) electrons. The number of hydrogen-bond donors (Lipinski definition) is 2. The molecule has 0 atom stereocenters. The first-order chi connectivity index (χ1) is 14.2. The number of carbonyl (C=O) groups is 1. The average molecular weight is 387 g/mol. The van der Waals surface area contributed by atoms with E-state index in [1.165, 1.54) is 6.20 Å². The van der Waals surface area contributed by atoms with Crippen LogP contribution in [0.3, 0.4) is 0 Å². The Hall–Kier alpha value is -3.94. The average Bonchev–Trinajstić information content (AvgIpc) is 3.50. The van der Waals surface area contributed by atoms with Crippen LogP contribution in [-0.2, 0) is 4.79 Å². The van der Waals surface area contributed by atoms with Crippen LogP contribution in [0.5, 0.6) is 11.8 Å². The number of aromatic nitrogens is 4. The number of carbonyl (C=O) groups excluding carboxylic acids is 1. The predicted molar refractivity (Wildman–Crippen MR) is 107 cm³/mol. The quantitative estimate of drug-likeness (QED) is 0.547. The van der Waals surface area contributed by atoms with Gasteiger partial charge in [-0.15, -0.1) is 0 Å². The van der Waals surface area contributed by atoms with Crippen LogP contribution >= 0.6 is 0 Å². The molecule has 1 amide bonds. The van der Waals surface area contributed by atoms with Crippen LogP contribution in [0.15, 0.2) is 65.6 Å². The van der Waals surface area contributed by atoms with E-state index in [9.17, 15) is 9.59 Å². The van der Waals surface area contributed by atoms with Gasteiger partial charge in [-0.3, -0.25) is 14.6 Å². The largest absolute Gasteiger partial charge is 0.426 e. The van der Waals surface area contributed by atoms with Crippen molar-refractivity contribution < 1.29 is 9.53 Å². The smallest absolute Gasteiger partial charge is 0.304 e. The Bertz CT molecular complexity index is 1240. The minimum Gasteiger partial charge on any atom is -0.426 e. The topological polar surface area (TPSA) is 102 Å². The molecule has 29 heavy (non-hydrogen) atoms. The summed E-state index contributed by atoms with van der Waals surface area (Å²) in [6, 6.07) is 16.4. The monoisotopic (exact) mass is 387 g/mol. The molecule has 0 spiro atoms. The Balaban J connectivity index is 1.41. The zero-order chi connectivity index (χ0) is 19.8. The molecule has 0 unspecified atom stereocenters. The number of hydrogen-bond acceptors (Lipinski definition) is 5. The number of para-hydroxylation sites is 1. The van der Waals surface area contributed by atoms with Gasteiger partial charge in [0, 0.05) is 11.6 Å². The van der Waals surface area contributed by atoms with E-state index in [0.29, 0.717) is 22.5 Å². The molecule has 5 rings (SSSR count). The van der Waals surface area contributed by atoms with Crippen molar-refractivity contribution in [2.24, 2.45) is 5.92 Å². The van der Waals surface area contributed by atoms with Crippen molar-refractivity contribution in [1.82, 2.24) is 19.7 Å². The summed E-state index contributed by atoms with van der Waals surface area (Å²) in [5.41, 5.74) is 1.57. The van der Waals surface area contributed by atoms with Gasteiger partial charge in [0.25, 0.3) is 5.56 Å². The second-order valence-corrected chi connectivity index (χ2v) is 6.89. The summed E-state index contributed by atoms with van der Waals surface area (Å²) in [6.07, 6.45) is 3.39. The molecule has 0 aliphatic heterocycles. The summed E-state index contributed by atoms with van der Waals surface area (Å²) < 4.78 is 7.32. The van der Waals surface area contributed by atoms with E-state index in [4.69, 9.17) is 4.74 Å². The Kier molecular flexibility index (Phi) is 4.09. The van der Waals surface area contributed by atoms with E-state index in [2.05, 4.69) is 20.4 Å². The van der Waals surface area contributed by atoms with Crippen LogP contribution in [0.25, 0.3) is 16.7 Å². The Labute approximate surface area is 165 Å². The molecule has 1 aliphatic carbocycles. The Morgan fingerprint density at radius 1 is 1.10 bits per heavy atom. The molecule has 1 aliphatic rings. The summed E-state index contributed by atoms with van der Waals surface area (Å²) in [7, 11) is 0. The SMILES string of the molecule is O=C(Nc1ccc(Oc2nc3c(cnn3-c3ccccc3)c(=O)[nH]2)cc1)C1CC1. The molecule has 2 aromatic heterocycles. The van der Waals surface area contributed by atoms with Crippen LogP contribution in [0.2, 0.25) is 0 Å². The second kappa shape index (κ2) is 6.90. The van der Waals surface area contributed by atoms with Crippen LogP contribution in [-0.4, -0.2) is 25.7 Å². The molecular weight excluding hydrogens is 370 g/mol. The summed E-state index contributed by atoms with van der Waals surface area (Å²) >= 11 is 0. The summed E-state index contributed by atoms with van der Waals surface area (Å²) in [5.74, 6) is 0.674. The lowest BCUT2D eigenvalue weighted by Crippen LogP contribution is -2.13. The molecule has 0 bridgehead atoms. The fraction of sp³-hybridized carbons (Fsp3) is 0.143. The number of anilines is 1. The second-order valence-electron chi connectivity index (χ2n) is 6.89. The number of amides is 1. The van der Waals surface area contributed by atoms with Crippen molar-refractivity contribution in [2.45, 2.75) is 12.8 Å². The number of fused-ring (bicyclic) bond motifs is 1. The zero-order valence-corrected chi connectivity index (χ0v) is 15.3. The van der Waals surface area contributed by atoms with Crippen LogP contribution in [0.4, 0.5) is 5.69 Å². The van der Waals surface area contributed by atoms with E-state index < -0.39 is 0 Å². The molecule has 144 valence electrons. The maximum absolute atomic E-state index is 12.4. The highest BCUT2D eigenvalue weighted by molar-refractivity contribution is 5.94. The molecule has 2 N–H and O–H groups in total. The summed E-state index contributed by atoms with van der Waals surface area (Å²) in [6.45, 7) is 0. The van der Waals surface area contributed by atoms with Gasteiger partial charge in [-0.2, -0.15) is 10.1 Å². The summed E-state index contributed by atoms with van der Waals surface area (Å²) in [4.78, 5) is 31.3. The van der Waals surface area contributed by atoms with Gasteiger partial charge in [0.15, 0.2) is 5.65 Å². The van der Waals surface area contributed by atoms with E-state index in [0.717, 1.165) is 18.5 Å². The first-order valence-corrected chi connectivity index (χ1v) is 9.30. The molecular formula is C21H17N5O3. The van der Waals surface area contributed by atoms with Gasteiger partial charge in [0.1, 0.15) is 11.1 Å². The predicted octanol–water partition coefficient (Wildman–Crippen LogP) is 3.25. The lowest BCUT2D eigenvalue weighted by Gasteiger charge is -2.08. The molecule has 2 heterocycles. The van der Waals surface area contributed by atoms with Crippen LogP contribution < -0.4 is 15.6 Å². The third-order valence-electron chi connectivity index (χ3n) is 4.70. The number of ether oxygens (including phenoxy) is 1. The third-order valence-corrected chi connectivity index (χ3v) is 4.70. The highest BCUT2D eigenvalue weighted by atomic mass is 16.5. The van der Waals surface area contributed by atoms with Gasteiger partial charge in [-0.1, -0.05) is 18.2 Å². The zero-order valence-electron chi connectivity index (χ0n) is 15.3. The van der Waals surface area contributed by atoms with Gasteiger partial charge >= 0.3 is 6.01 Å². The number of rotatable bonds is 5. The maximum Gasteiger partial charge on any atom is 0.304 e. The van der Waals surface area contributed by atoms with Gasteiger partial charge in [0.2, 0.25) is 5.91 Å². The maximum atomic E-state index is 12.4. The fourth-order valence-corrected chi connectivity index (χ4v) is 3.01. The molecule has 8 heteroatoms. The molecule has 1 fully saturated rings. The van der Waals surface area contributed by atoms with Crippen molar-refractivity contribution in [3.8, 4) is 17.4 Å². The Morgan fingerprint density at radius 3 is 2.59 bits per heavy atom. The van der Waals surface area contributed by atoms with Crippen molar-refractivity contribution in [1.29, 1.82) is 0 Å². The fourth-order valence-electron chi connectivity index (χ4n) is 3.01. The number of nitrogens with zero attached hydrogens (tertiary/aromatic N) is 3. The molecule has 4 aromatic rings. The molecule has 2 aromatic carbocycles. The lowest BCUT2D eigenvalue weighted by atomic mass is 10.3. The van der Waals surface area contributed by atoms with E-state index in [1.54, 1.807) is 28.9 Å². The first kappa shape index (κ1) is 17.2. The van der Waals surface area contributed by atoms with Crippen LogP contribution in [0.1, 0.15) is 12.8 Å². The van der Waals surface area contributed by atoms with Gasteiger partial charge in [-0.05, 0) is 49.2 Å². The Morgan fingerprint density at radius 2 is 1.86 bits per heavy atom.